The quantitative estimate of drug-likeness (QED) is 0.448. The Balaban J connectivity index is 1.72. The summed E-state index contributed by atoms with van der Waals surface area (Å²) in [4.78, 5) is 12.3. The van der Waals surface area contributed by atoms with E-state index in [0.29, 0.717) is 11.4 Å². The fraction of sp³-hybridized carbons (Fsp3) is 0.0909. The second kappa shape index (κ2) is 9.23. The van der Waals surface area contributed by atoms with Crippen molar-refractivity contribution in [3.05, 3.63) is 89.5 Å². The average Bonchev–Trinajstić information content (AvgIpc) is 2.75. The summed E-state index contributed by atoms with van der Waals surface area (Å²) in [5, 5.41) is 3.95. The summed E-state index contributed by atoms with van der Waals surface area (Å²) >= 11 is 0. The lowest BCUT2D eigenvalue weighted by molar-refractivity contribution is 0.0955. The van der Waals surface area contributed by atoms with Crippen LogP contribution in [0.1, 0.15) is 21.5 Å². The second-order valence-corrected chi connectivity index (χ2v) is 8.10. The second-order valence-electron chi connectivity index (χ2n) is 6.42. The van der Waals surface area contributed by atoms with Crippen LogP contribution in [0.15, 0.2) is 82.8 Å². The lowest BCUT2D eigenvalue weighted by atomic mass is 10.1. The minimum absolute atomic E-state index is 0.0335. The average molecular weight is 423 g/mol. The first-order valence-electron chi connectivity index (χ1n) is 9.05. The zero-order chi connectivity index (χ0) is 21.6. The Morgan fingerprint density at radius 3 is 2.43 bits per heavy atom. The maximum absolute atomic E-state index is 12.7. The highest BCUT2D eigenvalue weighted by molar-refractivity contribution is 7.92. The molecule has 1 amide bonds. The van der Waals surface area contributed by atoms with Crippen molar-refractivity contribution >= 4 is 27.8 Å². The molecule has 30 heavy (non-hydrogen) atoms. The van der Waals surface area contributed by atoms with E-state index in [1.165, 1.54) is 31.4 Å². The lowest BCUT2D eigenvalue weighted by Crippen LogP contribution is -2.19. The van der Waals surface area contributed by atoms with Gasteiger partial charge in [-0.1, -0.05) is 30.3 Å². The highest BCUT2D eigenvalue weighted by Crippen LogP contribution is 2.20. The summed E-state index contributed by atoms with van der Waals surface area (Å²) in [7, 11) is -2.34. The Bertz CT molecular complexity index is 1170. The molecule has 3 rings (SSSR count). The van der Waals surface area contributed by atoms with E-state index in [2.05, 4.69) is 15.2 Å². The van der Waals surface area contributed by atoms with E-state index in [4.69, 9.17) is 4.74 Å². The molecule has 2 N–H and O–H groups in total. The molecule has 3 aromatic rings. The van der Waals surface area contributed by atoms with Gasteiger partial charge in [0.05, 0.1) is 18.2 Å². The number of nitrogens with one attached hydrogen (secondary N) is 2. The van der Waals surface area contributed by atoms with Gasteiger partial charge in [0.1, 0.15) is 5.75 Å². The molecule has 0 aliphatic rings. The van der Waals surface area contributed by atoms with Crippen LogP contribution >= 0.6 is 0 Å². The Hall–Kier alpha value is -3.65. The van der Waals surface area contributed by atoms with Crippen molar-refractivity contribution in [2.24, 2.45) is 5.10 Å². The van der Waals surface area contributed by atoms with Crippen LogP contribution in [0.2, 0.25) is 0 Å². The number of amides is 1. The van der Waals surface area contributed by atoms with Gasteiger partial charge in [0.25, 0.3) is 15.9 Å². The van der Waals surface area contributed by atoms with Gasteiger partial charge in [-0.2, -0.15) is 5.10 Å². The van der Waals surface area contributed by atoms with E-state index in [0.717, 1.165) is 11.1 Å². The lowest BCUT2D eigenvalue weighted by Gasteiger charge is -2.10. The number of hydrogen-bond donors (Lipinski definition) is 2. The summed E-state index contributed by atoms with van der Waals surface area (Å²) in [5.41, 5.74) is 4.87. The van der Waals surface area contributed by atoms with Crippen molar-refractivity contribution in [3.63, 3.8) is 0 Å². The number of rotatable bonds is 7. The summed E-state index contributed by atoms with van der Waals surface area (Å²) in [5.74, 6) is 0.101. The van der Waals surface area contributed by atoms with E-state index >= 15 is 0 Å². The van der Waals surface area contributed by atoms with Gasteiger partial charge in [-0.15, -0.1) is 0 Å². The molecule has 154 valence electrons. The first-order chi connectivity index (χ1) is 14.4. The molecule has 0 fully saturated rings. The summed E-state index contributed by atoms with van der Waals surface area (Å²) < 4.78 is 32.9. The maximum Gasteiger partial charge on any atom is 0.271 e. The molecule has 0 aliphatic carbocycles. The smallest absolute Gasteiger partial charge is 0.271 e. The van der Waals surface area contributed by atoms with Gasteiger partial charge in [0.15, 0.2) is 0 Å². The number of aryl methyl sites for hydroxylation is 1. The van der Waals surface area contributed by atoms with Gasteiger partial charge in [0, 0.05) is 11.3 Å². The van der Waals surface area contributed by atoms with E-state index < -0.39 is 15.9 Å². The monoisotopic (exact) mass is 423 g/mol. The third-order valence-corrected chi connectivity index (χ3v) is 5.69. The number of hydrazone groups is 1. The Morgan fingerprint density at radius 2 is 1.73 bits per heavy atom. The van der Waals surface area contributed by atoms with E-state index in [9.17, 15) is 13.2 Å². The number of hydrogen-bond acceptors (Lipinski definition) is 5. The SMILES string of the molecule is COc1ccc(NS(=O)(=O)c2cccc(C(=O)N/N=C/c3ccccc3C)c2)cc1. The predicted molar refractivity (Wildman–Crippen MR) is 116 cm³/mol. The minimum atomic E-state index is -3.87. The van der Waals surface area contributed by atoms with Gasteiger partial charge >= 0.3 is 0 Å². The van der Waals surface area contributed by atoms with Crippen LogP contribution in [0, 0.1) is 6.92 Å². The van der Waals surface area contributed by atoms with Crippen molar-refractivity contribution < 1.29 is 17.9 Å². The van der Waals surface area contributed by atoms with Gasteiger partial charge in [-0.25, -0.2) is 13.8 Å². The molecular weight excluding hydrogens is 402 g/mol. The number of carbonyl (C=O) groups excluding carboxylic acids is 1. The molecule has 0 atom stereocenters. The Morgan fingerprint density at radius 1 is 1.00 bits per heavy atom. The zero-order valence-electron chi connectivity index (χ0n) is 16.5. The number of anilines is 1. The Labute approximate surface area is 175 Å². The van der Waals surface area contributed by atoms with Crippen molar-refractivity contribution in [1.29, 1.82) is 0 Å². The molecule has 8 heteroatoms. The zero-order valence-corrected chi connectivity index (χ0v) is 17.3. The molecular formula is C22H21N3O4S. The van der Waals surface area contributed by atoms with Crippen molar-refractivity contribution in [3.8, 4) is 5.75 Å². The predicted octanol–water partition coefficient (Wildman–Crippen LogP) is 3.57. The van der Waals surface area contributed by atoms with E-state index in [1.54, 1.807) is 30.5 Å². The van der Waals surface area contributed by atoms with Crippen LogP contribution in [0.3, 0.4) is 0 Å². The van der Waals surface area contributed by atoms with Crippen LogP contribution in [0.25, 0.3) is 0 Å². The van der Waals surface area contributed by atoms with Gasteiger partial charge in [-0.05, 0) is 60.5 Å². The standard InChI is InChI=1S/C22H21N3O4S/c1-16-6-3-4-7-18(16)15-23-24-22(26)17-8-5-9-21(14-17)30(27,28)25-19-10-12-20(29-2)13-11-19/h3-15,25H,1-2H3,(H,24,26)/b23-15+. The molecule has 7 nitrogen and oxygen atoms in total. The van der Waals surface area contributed by atoms with Crippen molar-refractivity contribution in [1.82, 2.24) is 5.43 Å². The van der Waals surface area contributed by atoms with Gasteiger partial charge in [0.2, 0.25) is 0 Å². The fourth-order valence-electron chi connectivity index (χ4n) is 2.63. The van der Waals surface area contributed by atoms with Crippen LogP contribution in [-0.4, -0.2) is 27.6 Å². The normalized spacial score (nSPS) is 11.3. The molecule has 0 unspecified atom stereocenters. The Kier molecular flexibility index (Phi) is 6.48. The molecule has 0 spiro atoms. The molecule has 0 bridgehead atoms. The summed E-state index contributed by atoms with van der Waals surface area (Å²) in [6.45, 7) is 1.94. The molecule has 0 aromatic heterocycles. The molecule has 0 saturated heterocycles. The van der Waals surface area contributed by atoms with E-state index in [1.807, 2.05) is 31.2 Å². The first-order valence-corrected chi connectivity index (χ1v) is 10.5. The van der Waals surface area contributed by atoms with Gasteiger partial charge in [-0.3, -0.25) is 9.52 Å². The van der Waals surface area contributed by atoms with Gasteiger partial charge < -0.3 is 4.74 Å². The molecule has 0 radical (unpaired) electrons. The highest BCUT2D eigenvalue weighted by Gasteiger charge is 2.16. The van der Waals surface area contributed by atoms with E-state index in [-0.39, 0.29) is 10.5 Å². The first kappa shape index (κ1) is 21.1. The number of nitrogens with zero attached hydrogens (tertiary/aromatic N) is 1. The minimum Gasteiger partial charge on any atom is -0.497 e. The summed E-state index contributed by atoms with van der Waals surface area (Å²) in [6, 6.07) is 19.8. The van der Waals surface area contributed by atoms with Crippen molar-refractivity contribution in [2.45, 2.75) is 11.8 Å². The number of ether oxygens (including phenoxy) is 1. The number of carbonyl (C=O) groups is 1. The van der Waals surface area contributed by atoms with Crippen molar-refractivity contribution in [2.75, 3.05) is 11.8 Å². The molecule has 3 aromatic carbocycles. The van der Waals surface area contributed by atoms with Crippen LogP contribution in [0.4, 0.5) is 5.69 Å². The number of benzene rings is 3. The molecule has 0 saturated carbocycles. The summed E-state index contributed by atoms with van der Waals surface area (Å²) in [6.07, 6.45) is 1.54. The maximum atomic E-state index is 12.7. The van der Waals surface area contributed by atoms with Crippen LogP contribution in [-0.2, 0) is 10.0 Å². The third-order valence-electron chi connectivity index (χ3n) is 4.31. The highest BCUT2D eigenvalue weighted by atomic mass is 32.2. The topological polar surface area (TPSA) is 96.9 Å². The van der Waals surface area contributed by atoms with Crippen LogP contribution in [0.5, 0.6) is 5.75 Å². The number of methoxy groups -OCH3 is 1. The fourth-order valence-corrected chi connectivity index (χ4v) is 3.74. The molecule has 0 aliphatic heterocycles. The number of sulfonamides is 1. The van der Waals surface area contributed by atoms with Crippen LogP contribution < -0.4 is 14.9 Å². The third kappa shape index (κ3) is 5.24. The largest absolute Gasteiger partial charge is 0.497 e. The molecule has 0 heterocycles.